The van der Waals surface area contributed by atoms with E-state index in [2.05, 4.69) is 24.1 Å². The molecule has 2 saturated heterocycles. The summed E-state index contributed by atoms with van der Waals surface area (Å²) >= 11 is 0. The van der Waals surface area contributed by atoms with Crippen molar-refractivity contribution < 1.29 is 9.53 Å². The molecule has 21 heavy (non-hydrogen) atoms. The van der Waals surface area contributed by atoms with Crippen LogP contribution in [-0.4, -0.2) is 55.7 Å². The largest absolute Gasteiger partial charge is 0.381 e. The lowest BCUT2D eigenvalue weighted by molar-refractivity contribution is -0.136. The number of hydrogen-bond acceptors (Lipinski definition) is 4. The summed E-state index contributed by atoms with van der Waals surface area (Å²) in [4.78, 5) is 15.1. The highest BCUT2D eigenvalue weighted by molar-refractivity contribution is 5.83. The molecule has 0 aromatic rings. The van der Waals surface area contributed by atoms with Crippen LogP contribution in [0.15, 0.2) is 0 Å². The number of carbonyl (C=O) groups excluding carboxylic acids is 1. The summed E-state index contributed by atoms with van der Waals surface area (Å²) in [5.74, 6) is 0.116. The minimum absolute atomic E-state index is 0.116. The second-order valence-electron chi connectivity index (χ2n) is 6.74. The number of amides is 1. The van der Waals surface area contributed by atoms with Gasteiger partial charge in [0, 0.05) is 38.4 Å². The number of piperidine rings is 1. The van der Waals surface area contributed by atoms with Crippen LogP contribution in [0.1, 0.15) is 46.0 Å². The molecule has 1 amide bonds. The Balaban J connectivity index is 1.84. The lowest BCUT2D eigenvalue weighted by atomic mass is 9.79. The highest BCUT2D eigenvalue weighted by Crippen LogP contribution is 2.29. The van der Waals surface area contributed by atoms with Crippen molar-refractivity contribution in [3.05, 3.63) is 0 Å². The SMILES string of the molecule is CC1CCCCN1C(C)CNC(=O)C1(CN)CCOCC1. The molecule has 2 heterocycles. The molecule has 0 aromatic heterocycles. The van der Waals surface area contributed by atoms with Gasteiger partial charge in [-0.1, -0.05) is 6.42 Å². The zero-order valence-corrected chi connectivity index (χ0v) is 13.6. The van der Waals surface area contributed by atoms with Crippen molar-refractivity contribution in [3.8, 4) is 0 Å². The van der Waals surface area contributed by atoms with Crippen LogP contribution in [0.3, 0.4) is 0 Å². The number of nitrogens with zero attached hydrogens (tertiary/aromatic N) is 1. The average Bonchev–Trinajstić information content (AvgIpc) is 2.53. The summed E-state index contributed by atoms with van der Waals surface area (Å²) in [5, 5.41) is 3.15. The van der Waals surface area contributed by atoms with E-state index in [9.17, 15) is 4.79 Å². The van der Waals surface area contributed by atoms with Crippen LogP contribution in [0.25, 0.3) is 0 Å². The van der Waals surface area contributed by atoms with Gasteiger partial charge in [-0.05, 0) is 46.1 Å². The Morgan fingerprint density at radius 1 is 1.43 bits per heavy atom. The van der Waals surface area contributed by atoms with Crippen molar-refractivity contribution in [1.82, 2.24) is 10.2 Å². The van der Waals surface area contributed by atoms with Gasteiger partial charge >= 0.3 is 0 Å². The van der Waals surface area contributed by atoms with Gasteiger partial charge in [-0.15, -0.1) is 0 Å². The van der Waals surface area contributed by atoms with E-state index in [1.807, 2.05) is 0 Å². The number of nitrogens with one attached hydrogen (secondary N) is 1. The fourth-order valence-electron chi connectivity index (χ4n) is 3.61. The maximum Gasteiger partial charge on any atom is 0.227 e. The number of hydrogen-bond donors (Lipinski definition) is 2. The van der Waals surface area contributed by atoms with Gasteiger partial charge < -0.3 is 15.8 Å². The minimum Gasteiger partial charge on any atom is -0.381 e. The normalized spacial score (nSPS) is 28.0. The van der Waals surface area contributed by atoms with Crippen LogP contribution in [0.4, 0.5) is 0 Å². The first kappa shape index (κ1) is 16.7. The Kier molecular flexibility index (Phi) is 6.02. The molecule has 0 saturated carbocycles. The predicted molar refractivity (Wildman–Crippen MR) is 84.0 cm³/mol. The molecule has 0 radical (unpaired) electrons. The van der Waals surface area contributed by atoms with Gasteiger partial charge in [0.15, 0.2) is 0 Å². The van der Waals surface area contributed by atoms with Gasteiger partial charge in [-0.3, -0.25) is 9.69 Å². The maximum absolute atomic E-state index is 12.6. The molecule has 5 heteroatoms. The van der Waals surface area contributed by atoms with Crippen molar-refractivity contribution in [2.45, 2.75) is 58.0 Å². The Labute approximate surface area is 128 Å². The summed E-state index contributed by atoms with van der Waals surface area (Å²) in [6.45, 7) is 8.06. The first-order valence-corrected chi connectivity index (χ1v) is 8.41. The third-order valence-electron chi connectivity index (χ3n) is 5.30. The summed E-state index contributed by atoms with van der Waals surface area (Å²) in [6.07, 6.45) is 5.34. The monoisotopic (exact) mass is 297 g/mol. The fraction of sp³-hybridized carbons (Fsp3) is 0.938. The Bertz CT molecular complexity index is 342. The molecule has 122 valence electrons. The summed E-state index contributed by atoms with van der Waals surface area (Å²) in [7, 11) is 0. The highest BCUT2D eigenvalue weighted by atomic mass is 16.5. The summed E-state index contributed by atoms with van der Waals surface area (Å²) in [5.41, 5.74) is 5.47. The maximum atomic E-state index is 12.6. The molecule has 2 rings (SSSR count). The standard InChI is InChI=1S/C16H31N3O2/c1-13-5-3-4-8-19(13)14(2)11-18-15(20)16(12-17)6-9-21-10-7-16/h13-14H,3-12,17H2,1-2H3,(H,18,20). The van der Waals surface area contributed by atoms with E-state index in [0.717, 1.165) is 19.4 Å². The van der Waals surface area contributed by atoms with E-state index in [1.165, 1.54) is 19.3 Å². The molecular weight excluding hydrogens is 266 g/mol. The zero-order chi connectivity index (χ0) is 15.3. The van der Waals surface area contributed by atoms with Crippen molar-refractivity contribution in [2.24, 2.45) is 11.1 Å². The second-order valence-corrected chi connectivity index (χ2v) is 6.74. The lowest BCUT2D eigenvalue weighted by Gasteiger charge is -2.39. The molecule has 0 aromatic carbocycles. The lowest BCUT2D eigenvalue weighted by Crippen LogP contribution is -2.53. The molecule has 3 N–H and O–H groups in total. The molecule has 2 unspecified atom stereocenters. The second kappa shape index (κ2) is 7.56. The molecule has 2 fully saturated rings. The molecule has 0 aliphatic carbocycles. The van der Waals surface area contributed by atoms with Gasteiger partial charge in [0.2, 0.25) is 5.91 Å². The Morgan fingerprint density at radius 2 is 2.14 bits per heavy atom. The van der Waals surface area contributed by atoms with Crippen molar-refractivity contribution in [2.75, 3.05) is 32.8 Å². The molecular formula is C16H31N3O2. The number of ether oxygens (including phenoxy) is 1. The topological polar surface area (TPSA) is 67.6 Å². The van der Waals surface area contributed by atoms with Gasteiger partial charge in [-0.25, -0.2) is 0 Å². The van der Waals surface area contributed by atoms with Gasteiger partial charge in [-0.2, -0.15) is 0 Å². The van der Waals surface area contributed by atoms with Crippen molar-refractivity contribution in [3.63, 3.8) is 0 Å². The highest BCUT2D eigenvalue weighted by Gasteiger charge is 2.38. The van der Waals surface area contributed by atoms with E-state index in [-0.39, 0.29) is 5.91 Å². The number of likely N-dealkylation sites (tertiary alicyclic amines) is 1. The molecule has 2 aliphatic rings. The van der Waals surface area contributed by atoms with Crippen molar-refractivity contribution >= 4 is 5.91 Å². The fourth-order valence-corrected chi connectivity index (χ4v) is 3.61. The van der Waals surface area contributed by atoms with Crippen LogP contribution >= 0.6 is 0 Å². The van der Waals surface area contributed by atoms with Gasteiger partial charge in [0.05, 0.1) is 5.41 Å². The summed E-state index contributed by atoms with van der Waals surface area (Å²) < 4.78 is 5.37. The molecule has 0 bridgehead atoms. The smallest absolute Gasteiger partial charge is 0.227 e. The molecule has 2 atom stereocenters. The molecule has 2 aliphatic heterocycles. The van der Waals surface area contributed by atoms with E-state index in [1.54, 1.807) is 0 Å². The van der Waals surface area contributed by atoms with E-state index >= 15 is 0 Å². The summed E-state index contributed by atoms with van der Waals surface area (Å²) in [6, 6.07) is 1.01. The van der Waals surface area contributed by atoms with Crippen molar-refractivity contribution in [1.29, 1.82) is 0 Å². The third kappa shape index (κ3) is 3.96. The first-order valence-electron chi connectivity index (χ1n) is 8.41. The number of rotatable bonds is 5. The van der Waals surface area contributed by atoms with E-state index in [4.69, 9.17) is 10.5 Å². The quantitative estimate of drug-likeness (QED) is 0.798. The van der Waals surface area contributed by atoms with Crippen LogP contribution in [0, 0.1) is 5.41 Å². The third-order valence-corrected chi connectivity index (χ3v) is 5.30. The Morgan fingerprint density at radius 3 is 2.76 bits per heavy atom. The average molecular weight is 297 g/mol. The zero-order valence-electron chi connectivity index (χ0n) is 13.6. The first-order chi connectivity index (χ1) is 10.1. The number of carbonyl (C=O) groups is 1. The Hall–Kier alpha value is -0.650. The molecule has 5 nitrogen and oxygen atoms in total. The van der Waals surface area contributed by atoms with E-state index in [0.29, 0.717) is 38.4 Å². The van der Waals surface area contributed by atoms with E-state index < -0.39 is 5.41 Å². The van der Waals surface area contributed by atoms with Crippen LogP contribution < -0.4 is 11.1 Å². The van der Waals surface area contributed by atoms with Gasteiger partial charge in [0.1, 0.15) is 0 Å². The molecule has 0 spiro atoms. The minimum atomic E-state index is -0.411. The number of nitrogens with two attached hydrogens (primary N) is 1. The van der Waals surface area contributed by atoms with Crippen LogP contribution in [0.2, 0.25) is 0 Å². The van der Waals surface area contributed by atoms with Gasteiger partial charge in [0.25, 0.3) is 0 Å². The predicted octanol–water partition coefficient (Wildman–Crippen LogP) is 1.12. The van der Waals surface area contributed by atoms with Crippen LogP contribution in [-0.2, 0) is 9.53 Å². The van der Waals surface area contributed by atoms with Crippen LogP contribution in [0.5, 0.6) is 0 Å².